The maximum absolute atomic E-state index is 11.0. The first-order valence-electron chi connectivity index (χ1n) is 7.75. The number of hydrogen-bond acceptors (Lipinski definition) is 4. The predicted octanol–water partition coefficient (Wildman–Crippen LogP) is -0.454. The van der Waals surface area contributed by atoms with Crippen LogP contribution < -0.4 is 5.73 Å². The zero-order chi connectivity index (χ0) is 13.7. The van der Waals surface area contributed by atoms with Gasteiger partial charge in [-0.2, -0.15) is 0 Å². The van der Waals surface area contributed by atoms with Crippen molar-refractivity contribution in [1.82, 2.24) is 14.7 Å². The van der Waals surface area contributed by atoms with Crippen molar-refractivity contribution in [1.29, 1.82) is 0 Å². The van der Waals surface area contributed by atoms with Crippen molar-refractivity contribution in [2.24, 2.45) is 11.1 Å². The molecule has 0 saturated carbocycles. The third kappa shape index (κ3) is 2.01. The highest BCUT2D eigenvalue weighted by Crippen LogP contribution is 2.41. The lowest BCUT2D eigenvalue weighted by atomic mass is 9.71. The minimum absolute atomic E-state index is 0.259. The number of ether oxygens (including phenoxy) is 1. The van der Waals surface area contributed by atoms with Crippen LogP contribution in [0.1, 0.15) is 12.8 Å². The van der Waals surface area contributed by atoms with Gasteiger partial charge >= 0.3 is 6.03 Å². The molecule has 4 aliphatic heterocycles. The predicted molar refractivity (Wildman–Crippen MR) is 74.4 cm³/mol. The second-order valence-corrected chi connectivity index (χ2v) is 7.06. The number of urea groups is 1. The summed E-state index contributed by atoms with van der Waals surface area (Å²) in [5.74, 6) is 0. The fourth-order valence-electron chi connectivity index (χ4n) is 4.24. The number of nitrogens with two attached hydrogens (primary N) is 1. The summed E-state index contributed by atoms with van der Waals surface area (Å²) < 4.78 is 5.28. The van der Waals surface area contributed by atoms with E-state index in [1.54, 1.807) is 4.90 Å². The quantitative estimate of drug-likeness (QED) is 0.744. The summed E-state index contributed by atoms with van der Waals surface area (Å²) in [6, 6.07) is 1.18. The molecule has 4 saturated heterocycles. The summed E-state index contributed by atoms with van der Waals surface area (Å²) >= 11 is 0. The monoisotopic (exact) mass is 280 g/mol. The molecule has 1 spiro atoms. The number of hydrogen-bond donors (Lipinski definition) is 1. The Morgan fingerprint density at radius 3 is 2.15 bits per heavy atom. The average Bonchev–Trinajstić information content (AvgIpc) is 2.24. The normalized spacial score (nSPS) is 31.7. The van der Waals surface area contributed by atoms with Gasteiger partial charge in [-0.1, -0.05) is 0 Å². The lowest BCUT2D eigenvalue weighted by molar-refractivity contribution is -0.127. The molecule has 0 atom stereocenters. The van der Waals surface area contributed by atoms with Gasteiger partial charge in [0.1, 0.15) is 0 Å². The van der Waals surface area contributed by atoms with Crippen LogP contribution in [0.5, 0.6) is 0 Å². The van der Waals surface area contributed by atoms with Crippen molar-refractivity contribution in [2.45, 2.75) is 24.9 Å². The molecule has 20 heavy (non-hydrogen) atoms. The standard InChI is InChI=1S/C14H24N4O2/c15-13(19)18-9-14(10-18)7-17(8-14)11-1-3-16(4-2-11)12-5-20-6-12/h11-12H,1-10H2,(H2,15,19). The van der Waals surface area contributed by atoms with Crippen molar-refractivity contribution in [3.63, 3.8) is 0 Å². The van der Waals surface area contributed by atoms with Crippen molar-refractivity contribution < 1.29 is 9.53 Å². The minimum atomic E-state index is -0.259. The van der Waals surface area contributed by atoms with E-state index in [2.05, 4.69) is 9.80 Å². The first kappa shape index (κ1) is 12.9. The second kappa shape index (κ2) is 4.58. The molecule has 6 nitrogen and oxygen atoms in total. The summed E-state index contributed by atoms with van der Waals surface area (Å²) in [5, 5.41) is 0. The SMILES string of the molecule is NC(=O)N1CC2(C1)CN(C1CCN(C3COC3)CC1)C2. The van der Waals surface area contributed by atoms with Crippen LogP contribution in [-0.2, 0) is 4.74 Å². The van der Waals surface area contributed by atoms with Crippen LogP contribution in [0.15, 0.2) is 0 Å². The van der Waals surface area contributed by atoms with E-state index in [4.69, 9.17) is 10.5 Å². The van der Waals surface area contributed by atoms with Crippen molar-refractivity contribution >= 4 is 6.03 Å². The molecular weight excluding hydrogens is 256 g/mol. The molecule has 4 heterocycles. The fourth-order valence-corrected chi connectivity index (χ4v) is 4.24. The first-order chi connectivity index (χ1) is 9.65. The van der Waals surface area contributed by atoms with Gasteiger partial charge < -0.3 is 15.4 Å². The third-order valence-electron chi connectivity index (χ3n) is 5.59. The number of carbonyl (C=O) groups excluding carboxylic acids is 1. The van der Waals surface area contributed by atoms with Gasteiger partial charge in [0.05, 0.1) is 19.3 Å². The highest BCUT2D eigenvalue weighted by Gasteiger charge is 2.54. The zero-order valence-electron chi connectivity index (χ0n) is 12.0. The molecule has 112 valence electrons. The molecular formula is C14H24N4O2. The van der Waals surface area contributed by atoms with Crippen LogP contribution in [0, 0.1) is 5.41 Å². The molecule has 4 fully saturated rings. The summed E-state index contributed by atoms with van der Waals surface area (Å²) in [6.07, 6.45) is 2.57. The largest absolute Gasteiger partial charge is 0.378 e. The Labute approximate surface area is 119 Å². The van der Waals surface area contributed by atoms with E-state index in [-0.39, 0.29) is 6.03 Å². The van der Waals surface area contributed by atoms with Gasteiger partial charge in [-0.05, 0) is 12.8 Å². The van der Waals surface area contributed by atoms with Crippen molar-refractivity contribution in [2.75, 3.05) is 52.5 Å². The Morgan fingerprint density at radius 2 is 1.65 bits per heavy atom. The van der Waals surface area contributed by atoms with Gasteiger partial charge in [0, 0.05) is 50.7 Å². The Balaban J connectivity index is 1.21. The number of rotatable bonds is 2. The van der Waals surface area contributed by atoms with Gasteiger partial charge in [0.25, 0.3) is 0 Å². The lowest BCUT2D eigenvalue weighted by Crippen LogP contribution is -2.75. The maximum Gasteiger partial charge on any atom is 0.314 e. The molecule has 2 N–H and O–H groups in total. The smallest absolute Gasteiger partial charge is 0.314 e. The zero-order valence-corrected chi connectivity index (χ0v) is 12.0. The molecule has 0 aromatic carbocycles. The Morgan fingerprint density at radius 1 is 1.00 bits per heavy atom. The molecule has 0 aliphatic carbocycles. The highest BCUT2D eigenvalue weighted by atomic mass is 16.5. The van der Waals surface area contributed by atoms with Gasteiger partial charge in [0.2, 0.25) is 0 Å². The van der Waals surface area contributed by atoms with Gasteiger partial charge in [-0.25, -0.2) is 4.79 Å². The molecule has 4 rings (SSSR count). The summed E-state index contributed by atoms with van der Waals surface area (Å²) in [7, 11) is 0. The number of carbonyl (C=O) groups is 1. The van der Waals surface area contributed by atoms with Crippen LogP contribution in [0.2, 0.25) is 0 Å². The fraction of sp³-hybridized carbons (Fsp3) is 0.929. The maximum atomic E-state index is 11.0. The average molecular weight is 280 g/mol. The van der Waals surface area contributed by atoms with Crippen LogP contribution in [0.25, 0.3) is 0 Å². The molecule has 0 unspecified atom stereocenters. The molecule has 0 aromatic heterocycles. The molecule has 0 radical (unpaired) electrons. The second-order valence-electron chi connectivity index (χ2n) is 7.06. The summed E-state index contributed by atoms with van der Waals surface area (Å²) in [6.45, 7) is 8.36. The van der Waals surface area contributed by atoms with E-state index in [0.29, 0.717) is 11.5 Å². The Hall–Kier alpha value is -0.850. The van der Waals surface area contributed by atoms with Gasteiger partial charge in [-0.3, -0.25) is 9.80 Å². The van der Waals surface area contributed by atoms with E-state index in [9.17, 15) is 4.79 Å². The highest BCUT2D eigenvalue weighted by molar-refractivity contribution is 5.73. The van der Waals surface area contributed by atoms with E-state index >= 15 is 0 Å². The van der Waals surface area contributed by atoms with Crippen LogP contribution in [0.3, 0.4) is 0 Å². The van der Waals surface area contributed by atoms with Crippen LogP contribution in [-0.4, -0.2) is 85.3 Å². The number of likely N-dealkylation sites (tertiary alicyclic amines) is 3. The summed E-state index contributed by atoms with van der Waals surface area (Å²) in [5.41, 5.74) is 5.68. The van der Waals surface area contributed by atoms with E-state index in [1.165, 1.54) is 25.9 Å². The number of amides is 2. The molecule has 2 amide bonds. The van der Waals surface area contributed by atoms with Crippen LogP contribution in [0.4, 0.5) is 4.79 Å². The Bertz CT molecular complexity index is 390. The molecule has 0 aromatic rings. The minimum Gasteiger partial charge on any atom is -0.378 e. The molecule has 0 bridgehead atoms. The third-order valence-corrected chi connectivity index (χ3v) is 5.59. The van der Waals surface area contributed by atoms with Gasteiger partial charge in [0.15, 0.2) is 0 Å². The van der Waals surface area contributed by atoms with E-state index < -0.39 is 0 Å². The lowest BCUT2D eigenvalue weighted by Gasteiger charge is -2.62. The van der Waals surface area contributed by atoms with Crippen molar-refractivity contribution in [3.05, 3.63) is 0 Å². The van der Waals surface area contributed by atoms with E-state index in [1.807, 2.05) is 0 Å². The van der Waals surface area contributed by atoms with Crippen LogP contribution >= 0.6 is 0 Å². The van der Waals surface area contributed by atoms with Gasteiger partial charge in [-0.15, -0.1) is 0 Å². The molecule has 4 aliphatic rings. The Kier molecular flexibility index (Phi) is 2.94. The molecule has 6 heteroatoms. The number of piperidine rings is 1. The number of nitrogens with zero attached hydrogens (tertiary/aromatic N) is 3. The number of primary amides is 1. The van der Waals surface area contributed by atoms with E-state index in [0.717, 1.165) is 45.4 Å². The summed E-state index contributed by atoms with van der Waals surface area (Å²) in [4.78, 5) is 18.0. The van der Waals surface area contributed by atoms with Crippen molar-refractivity contribution in [3.8, 4) is 0 Å². The first-order valence-corrected chi connectivity index (χ1v) is 7.75. The topological polar surface area (TPSA) is 62.0 Å².